The van der Waals surface area contributed by atoms with Crippen LogP contribution in [-0.2, 0) is 23.2 Å². The molecule has 1 atom stereocenters. The van der Waals surface area contributed by atoms with Crippen LogP contribution in [0.1, 0.15) is 168 Å². The lowest BCUT2D eigenvalue weighted by atomic mass is 10.1. The predicted octanol–water partition coefficient (Wildman–Crippen LogP) is 8.08. The van der Waals surface area contributed by atoms with Crippen molar-refractivity contribution in [2.24, 2.45) is 5.73 Å². The Morgan fingerprint density at radius 2 is 0.953 bits per heavy atom. The number of rotatable bonds is 33. The molecular formula is C33H68N3O6P. The number of phosphoric acid groups is 1. The number of carbonyl (C=O) groups excluding carboxylic acids is 2. The van der Waals surface area contributed by atoms with Crippen molar-refractivity contribution in [3.05, 3.63) is 0 Å². The molecule has 43 heavy (non-hydrogen) atoms. The van der Waals surface area contributed by atoms with Crippen molar-refractivity contribution in [3.63, 3.8) is 0 Å². The fourth-order valence-corrected chi connectivity index (χ4v) is 5.99. The van der Waals surface area contributed by atoms with E-state index >= 15 is 0 Å². The maximum Gasteiger partial charge on any atom is 0.472 e. The second-order valence-electron chi connectivity index (χ2n) is 12.0. The van der Waals surface area contributed by atoms with E-state index in [0.29, 0.717) is 12.8 Å². The van der Waals surface area contributed by atoms with Crippen LogP contribution in [0.3, 0.4) is 0 Å². The normalized spacial score (nSPS) is 12.9. The minimum absolute atomic E-state index is 0.00608. The summed E-state index contributed by atoms with van der Waals surface area (Å²) in [5.74, 6) is -0.264. The average molecular weight is 634 g/mol. The highest BCUT2D eigenvalue weighted by molar-refractivity contribution is 7.47. The summed E-state index contributed by atoms with van der Waals surface area (Å²) in [6.07, 6.45) is 26.6. The van der Waals surface area contributed by atoms with E-state index < -0.39 is 13.9 Å². The SMILES string of the molecule is CCCCCCCCCCCCCC(=O)NCC(CNC(=O)CCCCCCCCCCCCC)OP(=O)(O)OCCN. The highest BCUT2D eigenvalue weighted by atomic mass is 31.2. The molecule has 0 aromatic rings. The zero-order valence-electron chi connectivity index (χ0n) is 27.9. The zero-order chi connectivity index (χ0) is 31.9. The third-order valence-electron chi connectivity index (χ3n) is 7.72. The molecule has 0 saturated carbocycles. The molecule has 0 radical (unpaired) electrons. The fraction of sp³-hybridized carbons (Fsp3) is 0.939. The van der Waals surface area contributed by atoms with Gasteiger partial charge >= 0.3 is 7.82 Å². The summed E-state index contributed by atoms with van der Waals surface area (Å²) >= 11 is 0. The van der Waals surface area contributed by atoms with E-state index in [0.717, 1.165) is 38.5 Å². The van der Waals surface area contributed by atoms with Gasteiger partial charge in [0.05, 0.1) is 6.61 Å². The Morgan fingerprint density at radius 1 is 0.628 bits per heavy atom. The largest absolute Gasteiger partial charge is 0.472 e. The molecule has 0 rings (SSSR count). The Bertz CT molecular complexity index is 656. The Balaban J connectivity index is 4.19. The lowest BCUT2D eigenvalue weighted by Gasteiger charge is -2.21. The van der Waals surface area contributed by atoms with Crippen molar-refractivity contribution in [1.82, 2.24) is 10.6 Å². The van der Waals surface area contributed by atoms with Gasteiger partial charge in [-0.15, -0.1) is 0 Å². The molecular weight excluding hydrogens is 565 g/mol. The van der Waals surface area contributed by atoms with Crippen molar-refractivity contribution in [2.75, 3.05) is 26.2 Å². The predicted molar refractivity (Wildman–Crippen MR) is 178 cm³/mol. The second kappa shape index (κ2) is 31.0. The number of carbonyl (C=O) groups is 2. The number of phosphoric ester groups is 1. The van der Waals surface area contributed by atoms with E-state index in [9.17, 15) is 19.0 Å². The van der Waals surface area contributed by atoms with Gasteiger partial charge in [-0.25, -0.2) is 4.57 Å². The van der Waals surface area contributed by atoms with Crippen LogP contribution in [0, 0.1) is 0 Å². The number of nitrogens with two attached hydrogens (primary N) is 1. The number of unbranched alkanes of at least 4 members (excludes halogenated alkanes) is 20. The first-order chi connectivity index (χ1) is 20.8. The Kier molecular flexibility index (Phi) is 30.3. The van der Waals surface area contributed by atoms with E-state index in [1.807, 2.05) is 0 Å². The van der Waals surface area contributed by atoms with Crippen LogP contribution in [0.25, 0.3) is 0 Å². The van der Waals surface area contributed by atoms with Crippen molar-refractivity contribution in [3.8, 4) is 0 Å². The number of nitrogens with one attached hydrogen (secondary N) is 2. The van der Waals surface area contributed by atoms with E-state index in [4.69, 9.17) is 14.8 Å². The molecule has 5 N–H and O–H groups in total. The van der Waals surface area contributed by atoms with E-state index in [1.54, 1.807) is 0 Å². The van der Waals surface area contributed by atoms with Crippen LogP contribution in [0.2, 0.25) is 0 Å². The van der Waals surface area contributed by atoms with Gasteiger partial charge < -0.3 is 21.3 Å². The fourth-order valence-electron chi connectivity index (χ4n) is 5.07. The van der Waals surface area contributed by atoms with Gasteiger partial charge in [-0.3, -0.25) is 18.6 Å². The van der Waals surface area contributed by atoms with Crippen LogP contribution in [0.4, 0.5) is 0 Å². The lowest BCUT2D eigenvalue weighted by Crippen LogP contribution is -2.41. The third kappa shape index (κ3) is 30.8. The van der Waals surface area contributed by atoms with Gasteiger partial charge in [0.15, 0.2) is 0 Å². The lowest BCUT2D eigenvalue weighted by molar-refractivity contribution is -0.121. The molecule has 0 aromatic heterocycles. The summed E-state index contributed by atoms with van der Waals surface area (Å²) in [7, 11) is -4.36. The Labute approximate surface area is 264 Å². The third-order valence-corrected chi connectivity index (χ3v) is 8.80. The van der Waals surface area contributed by atoms with Crippen LogP contribution >= 0.6 is 7.82 Å². The van der Waals surface area contributed by atoms with Gasteiger partial charge in [0, 0.05) is 32.5 Å². The molecule has 9 nitrogen and oxygen atoms in total. The van der Waals surface area contributed by atoms with Gasteiger partial charge in [-0.05, 0) is 12.8 Å². The molecule has 0 spiro atoms. The average Bonchev–Trinajstić information content (AvgIpc) is 2.98. The van der Waals surface area contributed by atoms with Crippen LogP contribution in [0.5, 0.6) is 0 Å². The monoisotopic (exact) mass is 633 g/mol. The molecule has 0 aliphatic rings. The van der Waals surface area contributed by atoms with Crippen molar-refractivity contribution in [1.29, 1.82) is 0 Å². The summed E-state index contributed by atoms with van der Waals surface area (Å²) in [6, 6.07) is 0. The first kappa shape index (κ1) is 42.0. The minimum Gasteiger partial charge on any atom is -0.353 e. The molecule has 0 saturated heterocycles. The topological polar surface area (TPSA) is 140 Å². The smallest absolute Gasteiger partial charge is 0.353 e. The second-order valence-corrected chi connectivity index (χ2v) is 13.4. The zero-order valence-corrected chi connectivity index (χ0v) is 28.8. The van der Waals surface area contributed by atoms with Crippen LogP contribution in [0.15, 0.2) is 0 Å². The summed E-state index contributed by atoms with van der Waals surface area (Å²) in [4.78, 5) is 34.8. The number of amides is 2. The Hall–Kier alpha value is -0.990. The summed E-state index contributed by atoms with van der Waals surface area (Å²) in [6.45, 7) is 4.43. The highest BCUT2D eigenvalue weighted by Gasteiger charge is 2.27. The summed E-state index contributed by atoms with van der Waals surface area (Å²) in [5, 5.41) is 5.57. The van der Waals surface area contributed by atoms with Gasteiger partial charge in [-0.2, -0.15) is 0 Å². The molecule has 0 heterocycles. The maximum atomic E-state index is 12.4. The minimum atomic E-state index is -4.36. The Morgan fingerprint density at radius 3 is 1.28 bits per heavy atom. The van der Waals surface area contributed by atoms with Gasteiger partial charge in [0.25, 0.3) is 0 Å². The standard InChI is InChI=1S/C33H68N3O6P/c1-3-5-7-9-11-13-15-17-19-21-23-25-32(37)35-29-31(42-43(39,40)41-28-27-34)30-36-33(38)26-24-22-20-18-16-14-12-10-8-6-4-2/h31H,3-30,34H2,1-2H3,(H,35,37)(H,36,38)(H,39,40). The van der Waals surface area contributed by atoms with Gasteiger partial charge in [0.2, 0.25) is 11.8 Å². The van der Waals surface area contributed by atoms with Gasteiger partial charge in [-0.1, -0.05) is 142 Å². The first-order valence-corrected chi connectivity index (χ1v) is 19.2. The molecule has 0 aliphatic heterocycles. The molecule has 0 fully saturated rings. The molecule has 2 amide bonds. The van der Waals surface area contributed by atoms with Crippen molar-refractivity contribution >= 4 is 19.6 Å². The van der Waals surface area contributed by atoms with Crippen molar-refractivity contribution in [2.45, 2.75) is 174 Å². The molecule has 0 aliphatic carbocycles. The quantitative estimate of drug-likeness (QED) is 0.0423. The number of hydrogen-bond donors (Lipinski definition) is 4. The highest BCUT2D eigenvalue weighted by Crippen LogP contribution is 2.44. The van der Waals surface area contributed by atoms with E-state index in [1.165, 1.54) is 103 Å². The van der Waals surface area contributed by atoms with Crippen molar-refractivity contribution < 1.29 is 28.1 Å². The summed E-state index contributed by atoms with van der Waals surface area (Å²) < 4.78 is 22.4. The summed E-state index contributed by atoms with van der Waals surface area (Å²) in [5.41, 5.74) is 5.36. The molecule has 256 valence electrons. The van der Waals surface area contributed by atoms with E-state index in [-0.39, 0.29) is 38.1 Å². The van der Waals surface area contributed by atoms with Crippen LogP contribution < -0.4 is 16.4 Å². The molecule has 1 unspecified atom stereocenters. The van der Waals surface area contributed by atoms with Crippen LogP contribution in [-0.4, -0.2) is 49.1 Å². The molecule has 0 bridgehead atoms. The first-order valence-electron chi connectivity index (χ1n) is 17.7. The van der Waals surface area contributed by atoms with E-state index in [2.05, 4.69) is 24.5 Å². The maximum absolute atomic E-state index is 12.4. The molecule has 0 aromatic carbocycles. The molecule has 10 heteroatoms. The van der Waals surface area contributed by atoms with Gasteiger partial charge in [0.1, 0.15) is 6.10 Å². The number of hydrogen-bond acceptors (Lipinski definition) is 6.